The minimum absolute atomic E-state index is 0.0735. The van der Waals surface area contributed by atoms with Crippen molar-refractivity contribution in [2.45, 2.75) is 55.2 Å². The molecule has 2 aromatic carbocycles. The summed E-state index contributed by atoms with van der Waals surface area (Å²) in [6.45, 7) is 0.877. The van der Waals surface area contributed by atoms with Crippen molar-refractivity contribution in [3.8, 4) is 0 Å². The van der Waals surface area contributed by atoms with E-state index in [-0.39, 0.29) is 35.1 Å². The van der Waals surface area contributed by atoms with Gasteiger partial charge in [-0.1, -0.05) is 30.3 Å². The monoisotopic (exact) mass is 471 g/mol. The topological polar surface area (TPSA) is 114 Å². The second kappa shape index (κ2) is 10.5. The average molecular weight is 472 g/mol. The molecule has 2 aliphatic rings. The summed E-state index contributed by atoms with van der Waals surface area (Å²) in [5, 5.41) is 5.75. The molecule has 176 valence electrons. The fraction of sp³-hybridized carbons (Fsp3) is 0.417. The van der Waals surface area contributed by atoms with E-state index >= 15 is 0 Å². The summed E-state index contributed by atoms with van der Waals surface area (Å²) in [6.07, 6.45) is 3.93. The number of amides is 2. The lowest BCUT2D eigenvalue weighted by atomic mass is 10.0. The van der Waals surface area contributed by atoms with Gasteiger partial charge in [-0.2, -0.15) is 0 Å². The molecule has 4 rings (SSSR count). The molecule has 3 N–H and O–H groups in total. The molecule has 2 aromatic rings. The van der Waals surface area contributed by atoms with Crippen LogP contribution in [0.3, 0.4) is 0 Å². The molecular weight excluding hydrogens is 442 g/mol. The first-order valence-corrected chi connectivity index (χ1v) is 12.8. The predicted octanol–water partition coefficient (Wildman–Crippen LogP) is 1.76. The molecule has 8 nitrogen and oxygen atoms in total. The molecule has 1 saturated heterocycles. The summed E-state index contributed by atoms with van der Waals surface area (Å²) in [4.78, 5) is 25.6. The number of hydrogen-bond acceptors (Lipinski definition) is 5. The molecule has 2 unspecified atom stereocenters. The standard InChI is InChI=1S/C24H29N3O5S/c28-23(27-22(24(29)26-19-10-11-19)15-17-5-2-1-3-6-17)18-8-12-21(13-9-18)33(30,31)25-16-20-7-4-14-32-20/h1-3,5-6,8-9,12-13,19-20,22,25H,4,7,10-11,14-16H2,(H,26,29)(H,27,28). The molecule has 0 bridgehead atoms. The van der Waals surface area contributed by atoms with Gasteiger partial charge >= 0.3 is 0 Å². The SMILES string of the molecule is O=C(NC(Cc1ccccc1)C(=O)NC1CC1)c1ccc(S(=O)(=O)NCC2CCCO2)cc1. The van der Waals surface area contributed by atoms with Gasteiger partial charge in [-0.25, -0.2) is 13.1 Å². The zero-order valence-electron chi connectivity index (χ0n) is 18.3. The first-order chi connectivity index (χ1) is 15.9. The molecule has 1 saturated carbocycles. The van der Waals surface area contributed by atoms with Crippen LogP contribution >= 0.6 is 0 Å². The van der Waals surface area contributed by atoms with Crippen LogP contribution in [-0.4, -0.2) is 51.6 Å². The number of rotatable bonds is 10. The van der Waals surface area contributed by atoms with Gasteiger partial charge in [0.05, 0.1) is 11.0 Å². The molecule has 2 fully saturated rings. The Bertz CT molecular complexity index is 1060. The van der Waals surface area contributed by atoms with Crippen molar-refractivity contribution in [2.24, 2.45) is 0 Å². The van der Waals surface area contributed by atoms with E-state index in [1.165, 1.54) is 24.3 Å². The van der Waals surface area contributed by atoms with Crippen molar-refractivity contribution in [2.75, 3.05) is 13.2 Å². The molecule has 9 heteroatoms. The summed E-state index contributed by atoms with van der Waals surface area (Å²) < 4.78 is 33.1. The maximum absolute atomic E-state index is 12.8. The molecule has 0 spiro atoms. The Balaban J connectivity index is 1.40. The van der Waals surface area contributed by atoms with Crippen LogP contribution in [0, 0.1) is 0 Å². The Morgan fingerprint density at radius 3 is 2.36 bits per heavy atom. The fourth-order valence-electron chi connectivity index (χ4n) is 3.71. The minimum Gasteiger partial charge on any atom is -0.377 e. The second-order valence-electron chi connectivity index (χ2n) is 8.51. The highest BCUT2D eigenvalue weighted by molar-refractivity contribution is 7.89. The number of benzene rings is 2. The first-order valence-electron chi connectivity index (χ1n) is 11.3. The minimum atomic E-state index is -3.70. The quantitative estimate of drug-likeness (QED) is 0.489. The number of carbonyl (C=O) groups is 2. The fourth-order valence-corrected chi connectivity index (χ4v) is 4.77. The number of hydrogen-bond donors (Lipinski definition) is 3. The van der Waals surface area contributed by atoms with E-state index in [1.807, 2.05) is 30.3 Å². The van der Waals surface area contributed by atoms with Crippen molar-refractivity contribution in [3.63, 3.8) is 0 Å². The smallest absolute Gasteiger partial charge is 0.251 e. The third kappa shape index (κ3) is 6.63. The lowest BCUT2D eigenvalue weighted by Crippen LogP contribution is -2.48. The lowest BCUT2D eigenvalue weighted by molar-refractivity contribution is -0.123. The molecule has 2 atom stereocenters. The molecule has 0 aromatic heterocycles. The lowest BCUT2D eigenvalue weighted by Gasteiger charge is -2.19. The Kier molecular flexibility index (Phi) is 7.42. The Morgan fingerprint density at radius 2 is 1.73 bits per heavy atom. The van der Waals surface area contributed by atoms with Gasteiger partial charge < -0.3 is 15.4 Å². The Labute approximate surface area is 194 Å². The molecule has 1 aliphatic heterocycles. The molecule has 2 amide bonds. The number of nitrogens with one attached hydrogen (secondary N) is 3. The average Bonchev–Trinajstić information content (AvgIpc) is 3.47. The summed E-state index contributed by atoms with van der Waals surface area (Å²) in [6, 6.07) is 14.6. The van der Waals surface area contributed by atoms with Crippen LogP contribution in [0.25, 0.3) is 0 Å². The third-order valence-electron chi connectivity index (χ3n) is 5.78. The molecule has 0 radical (unpaired) electrons. The van der Waals surface area contributed by atoms with Crippen LogP contribution in [0.4, 0.5) is 0 Å². The highest BCUT2D eigenvalue weighted by Crippen LogP contribution is 2.19. The van der Waals surface area contributed by atoms with Crippen molar-refractivity contribution >= 4 is 21.8 Å². The molecule has 1 heterocycles. The van der Waals surface area contributed by atoms with E-state index in [2.05, 4.69) is 15.4 Å². The van der Waals surface area contributed by atoms with E-state index in [9.17, 15) is 18.0 Å². The van der Waals surface area contributed by atoms with Gasteiger partial charge in [0.2, 0.25) is 15.9 Å². The van der Waals surface area contributed by atoms with E-state index in [4.69, 9.17) is 4.74 Å². The van der Waals surface area contributed by atoms with Gasteiger partial charge in [-0.3, -0.25) is 9.59 Å². The van der Waals surface area contributed by atoms with Gasteiger partial charge in [0, 0.05) is 31.2 Å². The highest BCUT2D eigenvalue weighted by Gasteiger charge is 2.29. The van der Waals surface area contributed by atoms with Crippen LogP contribution in [0.15, 0.2) is 59.5 Å². The maximum Gasteiger partial charge on any atom is 0.251 e. The molecule has 1 aliphatic carbocycles. The Morgan fingerprint density at radius 1 is 1.00 bits per heavy atom. The predicted molar refractivity (Wildman–Crippen MR) is 123 cm³/mol. The van der Waals surface area contributed by atoms with Crippen molar-refractivity contribution in [1.82, 2.24) is 15.4 Å². The number of sulfonamides is 1. The van der Waals surface area contributed by atoms with Gasteiger partial charge in [-0.05, 0) is 55.5 Å². The van der Waals surface area contributed by atoms with E-state index in [1.54, 1.807) is 0 Å². The van der Waals surface area contributed by atoms with E-state index in [0.29, 0.717) is 13.0 Å². The summed E-state index contributed by atoms with van der Waals surface area (Å²) in [5.74, 6) is -0.648. The maximum atomic E-state index is 12.8. The largest absolute Gasteiger partial charge is 0.377 e. The Hall–Kier alpha value is -2.75. The van der Waals surface area contributed by atoms with Gasteiger partial charge in [0.1, 0.15) is 6.04 Å². The van der Waals surface area contributed by atoms with Gasteiger partial charge in [-0.15, -0.1) is 0 Å². The number of ether oxygens (including phenoxy) is 1. The van der Waals surface area contributed by atoms with E-state index in [0.717, 1.165) is 31.2 Å². The van der Waals surface area contributed by atoms with Gasteiger partial charge in [0.15, 0.2) is 0 Å². The van der Waals surface area contributed by atoms with E-state index < -0.39 is 22.0 Å². The molecular formula is C24H29N3O5S. The van der Waals surface area contributed by atoms with Crippen molar-refractivity contribution in [3.05, 3.63) is 65.7 Å². The second-order valence-corrected chi connectivity index (χ2v) is 10.3. The highest BCUT2D eigenvalue weighted by atomic mass is 32.2. The summed E-state index contributed by atoms with van der Waals surface area (Å²) >= 11 is 0. The zero-order chi connectivity index (χ0) is 23.3. The normalized spacial score (nSPS) is 19.1. The number of carbonyl (C=O) groups excluding carboxylic acids is 2. The zero-order valence-corrected chi connectivity index (χ0v) is 19.1. The third-order valence-corrected chi connectivity index (χ3v) is 7.22. The van der Waals surface area contributed by atoms with Crippen LogP contribution in [0.1, 0.15) is 41.6 Å². The van der Waals surface area contributed by atoms with Gasteiger partial charge in [0.25, 0.3) is 5.91 Å². The van der Waals surface area contributed by atoms with Crippen molar-refractivity contribution in [1.29, 1.82) is 0 Å². The van der Waals surface area contributed by atoms with Crippen LogP contribution in [0.5, 0.6) is 0 Å². The van der Waals surface area contributed by atoms with Crippen LogP contribution < -0.4 is 15.4 Å². The van der Waals surface area contributed by atoms with Crippen LogP contribution in [0.2, 0.25) is 0 Å². The first kappa shape index (κ1) is 23.4. The molecule has 33 heavy (non-hydrogen) atoms. The summed E-state index contributed by atoms with van der Waals surface area (Å²) in [5.41, 5.74) is 1.22. The van der Waals surface area contributed by atoms with Crippen molar-refractivity contribution < 1.29 is 22.7 Å². The van der Waals surface area contributed by atoms with Crippen LogP contribution in [-0.2, 0) is 26.0 Å². The summed E-state index contributed by atoms with van der Waals surface area (Å²) in [7, 11) is -3.70.